The van der Waals surface area contributed by atoms with Crippen LogP contribution in [-0.4, -0.2) is 40.9 Å². The number of carbonyl (C=O) groups excluding carboxylic acids is 2. The second kappa shape index (κ2) is 7.33. The fourth-order valence-electron chi connectivity index (χ4n) is 2.43. The smallest absolute Gasteiger partial charge is 0.426 e. The van der Waals surface area contributed by atoms with Gasteiger partial charge in [-0.05, 0) is 31.4 Å². The van der Waals surface area contributed by atoms with Crippen LogP contribution in [0.4, 0.5) is 0 Å². The quantitative estimate of drug-likeness (QED) is 0.761. The van der Waals surface area contributed by atoms with Crippen molar-refractivity contribution in [1.82, 2.24) is 10.3 Å². The number of amides is 1. The van der Waals surface area contributed by atoms with Gasteiger partial charge in [0.2, 0.25) is 5.91 Å². The number of nitrogens with zero attached hydrogens (tertiary/aromatic N) is 1. The number of nitrogens with one attached hydrogen (secondary N) is 1. The van der Waals surface area contributed by atoms with Crippen molar-refractivity contribution < 1.29 is 19.3 Å². The lowest BCUT2D eigenvalue weighted by Gasteiger charge is -2.31. The zero-order valence-corrected chi connectivity index (χ0v) is 12.0. The lowest BCUT2D eigenvalue weighted by molar-refractivity contribution is -0.122. The molecule has 21 heavy (non-hydrogen) atoms. The first-order valence-electron chi connectivity index (χ1n) is 7.06. The number of hydrogen-bond acceptors (Lipinski definition) is 5. The Balaban J connectivity index is 1.81. The average molecular weight is 290 g/mol. The van der Waals surface area contributed by atoms with E-state index in [4.69, 9.17) is 4.65 Å². The molecule has 0 spiro atoms. The topological polar surface area (TPSA) is 88.5 Å². The summed E-state index contributed by atoms with van der Waals surface area (Å²) >= 11 is 0. The molecule has 1 aromatic heterocycles. The summed E-state index contributed by atoms with van der Waals surface area (Å²) < 4.78 is 5.37. The van der Waals surface area contributed by atoms with Crippen molar-refractivity contribution in [3.63, 3.8) is 0 Å². The van der Waals surface area contributed by atoms with Crippen LogP contribution in [0.15, 0.2) is 24.5 Å². The van der Waals surface area contributed by atoms with Crippen LogP contribution in [0.2, 0.25) is 0 Å². The minimum atomic E-state index is -1.07. The second-order valence-electron chi connectivity index (χ2n) is 5.34. The van der Waals surface area contributed by atoms with Gasteiger partial charge in [-0.2, -0.15) is 0 Å². The Morgan fingerprint density at radius 1 is 1.52 bits per heavy atom. The Bertz CT molecular complexity index is 497. The van der Waals surface area contributed by atoms with Crippen LogP contribution in [0, 0.1) is 0 Å². The predicted molar refractivity (Wildman–Crippen MR) is 77.2 cm³/mol. The molecular formula is C14H19BN2O4. The third kappa shape index (κ3) is 4.95. The molecule has 112 valence electrons. The van der Waals surface area contributed by atoms with Gasteiger partial charge in [0.05, 0.1) is 12.4 Å². The molecule has 0 aromatic carbocycles. The standard InChI is InChI=1S/C14H19BN2O4/c1-10(18)7-12-4-5-13(15(20)21-12)17-14(19)8-11-3-2-6-16-9-11/h2-3,6,9,12-13,20H,4-5,7-8H2,1H3,(H,17,19)/t12-,13-/m0/s1. The summed E-state index contributed by atoms with van der Waals surface area (Å²) in [5.74, 6) is -0.579. The van der Waals surface area contributed by atoms with E-state index in [0.717, 1.165) is 5.56 Å². The molecule has 0 saturated carbocycles. The maximum absolute atomic E-state index is 11.9. The van der Waals surface area contributed by atoms with Gasteiger partial charge in [0.1, 0.15) is 5.78 Å². The van der Waals surface area contributed by atoms with Gasteiger partial charge in [-0.15, -0.1) is 0 Å². The molecule has 0 unspecified atom stereocenters. The van der Waals surface area contributed by atoms with Crippen molar-refractivity contribution >= 4 is 18.8 Å². The number of Topliss-reactive ketones (excluding diaryl/α,β-unsaturated/α-hetero) is 1. The minimum absolute atomic E-state index is 0.0336. The molecule has 1 aliphatic heterocycles. The molecule has 1 aromatic rings. The van der Waals surface area contributed by atoms with E-state index in [1.165, 1.54) is 6.92 Å². The largest absolute Gasteiger partial charge is 0.478 e. The van der Waals surface area contributed by atoms with E-state index < -0.39 is 13.1 Å². The molecule has 0 aliphatic carbocycles. The predicted octanol–water partition coefficient (Wildman–Crippen LogP) is 0.287. The Morgan fingerprint density at radius 2 is 2.33 bits per heavy atom. The third-order valence-corrected chi connectivity index (χ3v) is 3.42. The summed E-state index contributed by atoms with van der Waals surface area (Å²) in [5, 5.41) is 12.7. The minimum Gasteiger partial charge on any atom is -0.426 e. The maximum Gasteiger partial charge on any atom is 0.478 e. The van der Waals surface area contributed by atoms with Crippen molar-refractivity contribution in [2.24, 2.45) is 0 Å². The van der Waals surface area contributed by atoms with Gasteiger partial charge in [-0.25, -0.2) is 0 Å². The number of pyridine rings is 1. The first-order chi connectivity index (χ1) is 10.0. The van der Waals surface area contributed by atoms with E-state index in [-0.39, 0.29) is 24.2 Å². The van der Waals surface area contributed by atoms with Crippen LogP contribution in [0.25, 0.3) is 0 Å². The normalized spacial score (nSPS) is 21.9. The van der Waals surface area contributed by atoms with E-state index in [1.807, 2.05) is 6.07 Å². The van der Waals surface area contributed by atoms with Crippen molar-refractivity contribution in [2.45, 2.75) is 44.7 Å². The number of carbonyl (C=O) groups is 2. The lowest BCUT2D eigenvalue weighted by Crippen LogP contribution is -2.53. The molecule has 2 atom stereocenters. The van der Waals surface area contributed by atoms with Crippen LogP contribution < -0.4 is 5.32 Å². The fourth-order valence-corrected chi connectivity index (χ4v) is 2.43. The Hall–Kier alpha value is -1.73. The fraction of sp³-hybridized carbons (Fsp3) is 0.500. The van der Waals surface area contributed by atoms with Gasteiger partial charge in [-0.3, -0.25) is 14.6 Å². The summed E-state index contributed by atoms with van der Waals surface area (Å²) in [7, 11) is -1.07. The van der Waals surface area contributed by atoms with E-state index >= 15 is 0 Å². The van der Waals surface area contributed by atoms with E-state index in [1.54, 1.807) is 18.5 Å². The Kier molecular flexibility index (Phi) is 5.47. The SMILES string of the molecule is CC(=O)C[C@@H]1CC[C@H](NC(=O)Cc2cccnc2)B(O)O1. The van der Waals surface area contributed by atoms with Crippen LogP contribution in [-0.2, 0) is 20.7 Å². The molecule has 1 saturated heterocycles. The highest BCUT2D eigenvalue weighted by Gasteiger charge is 2.36. The van der Waals surface area contributed by atoms with Crippen molar-refractivity contribution in [3.05, 3.63) is 30.1 Å². The highest BCUT2D eigenvalue weighted by molar-refractivity contribution is 6.45. The summed E-state index contributed by atoms with van der Waals surface area (Å²) in [6.07, 6.45) is 4.78. The van der Waals surface area contributed by atoms with Gasteiger partial charge in [-0.1, -0.05) is 6.07 Å². The first kappa shape index (κ1) is 15.7. The van der Waals surface area contributed by atoms with Crippen molar-refractivity contribution in [1.29, 1.82) is 0 Å². The van der Waals surface area contributed by atoms with Gasteiger partial charge >= 0.3 is 7.12 Å². The third-order valence-electron chi connectivity index (χ3n) is 3.42. The van der Waals surface area contributed by atoms with E-state index in [9.17, 15) is 14.6 Å². The van der Waals surface area contributed by atoms with E-state index in [0.29, 0.717) is 19.3 Å². The molecule has 2 heterocycles. The average Bonchev–Trinajstić information content (AvgIpc) is 2.42. The summed E-state index contributed by atoms with van der Waals surface area (Å²) in [5.41, 5.74) is 0.815. The second-order valence-corrected chi connectivity index (χ2v) is 5.34. The molecule has 1 fully saturated rings. The Morgan fingerprint density at radius 3 is 2.95 bits per heavy atom. The highest BCUT2D eigenvalue weighted by Crippen LogP contribution is 2.18. The molecule has 6 nitrogen and oxygen atoms in total. The Labute approximate surface area is 124 Å². The van der Waals surface area contributed by atoms with Gasteiger partial charge < -0.3 is 15.0 Å². The highest BCUT2D eigenvalue weighted by atomic mass is 16.5. The van der Waals surface area contributed by atoms with Gasteiger partial charge in [0, 0.05) is 24.9 Å². The van der Waals surface area contributed by atoms with Crippen molar-refractivity contribution in [3.8, 4) is 0 Å². The summed E-state index contributed by atoms with van der Waals surface area (Å²) in [6.45, 7) is 1.50. The van der Waals surface area contributed by atoms with Crippen LogP contribution in [0.5, 0.6) is 0 Å². The summed E-state index contributed by atoms with van der Waals surface area (Å²) in [4.78, 5) is 26.9. The number of rotatable bonds is 5. The van der Waals surface area contributed by atoms with Crippen LogP contribution in [0.1, 0.15) is 31.7 Å². The number of ketones is 1. The van der Waals surface area contributed by atoms with Gasteiger partial charge in [0.25, 0.3) is 0 Å². The molecule has 1 amide bonds. The van der Waals surface area contributed by atoms with Crippen molar-refractivity contribution in [2.75, 3.05) is 0 Å². The summed E-state index contributed by atoms with van der Waals surface area (Å²) in [6, 6.07) is 3.59. The van der Waals surface area contributed by atoms with Gasteiger partial charge in [0.15, 0.2) is 0 Å². The molecule has 2 N–H and O–H groups in total. The molecule has 0 radical (unpaired) electrons. The molecule has 7 heteroatoms. The molecule has 0 bridgehead atoms. The molecule has 2 rings (SSSR count). The first-order valence-corrected chi connectivity index (χ1v) is 7.06. The monoisotopic (exact) mass is 290 g/mol. The maximum atomic E-state index is 11.9. The number of aromatic nitrogens is 1. The van der Waals surface area contributed by atoms with Crippen LogP contribution >= 0.6 is 0 Å². The lowest BCUT2D eigenvalue weighted by atomic mass is 9.72. The zero-order chi connectivity index (χ0) is 15.2. The van der Waals surface area contributed by atoms with Crippen LogP contribution in [0.3, 0.4) is 0 Å². The molecular weight excluding hydrogens is 271 g/mol. The number of hydrogen-bond donors (Lipinski definition) is 2. The van der Waals surface area contributed by atoms with E-state index in [2.05, 4.69) is 10.3 Å². The molecule has 1 aliphatic rings. The zero-order valence-electron chi connectivity index (χ0n) is 12.0.